The summed E-state index contributed by atoms with van der Waals surface area (Å²) in [5.74, 6) is -1.31. The average Bonchev–Trinajstić information content (AvgIpc) is 2.63. The highest BCUT2D eigenvalue weighted by Crippen LogP contribution is 2.46. The smallest absolute Gasteiger partial charge is 0.201 e. The van der Waals surface area contributed by atoms with Gasteiger partial charge in [0.05, 0.1) is 18.6 Å². The maximum atomic E-state index is 12.9. The van der Waals surface area contributed by atoms with Crippen molar-refractivity contribution in [3.63, 3.8) is 0 Å². The second-order valence-corrected chi connectivity index (χ2v) is 6.75. The van der Waals surface area contributed by atoms with Gasteiger partial charge in [-0.15, -0.1) is 0 Å². The van der Waals surface area contributed by atoms with Crippen molar-refractivity contribution < 1.29 is 29.6 Å². The second kappa shape index (κ2) is 7.23. The van der Waals surface area contributed by atoms with Crippen LogP contribution in [0.3, 0.4) is 0 Å². The molecule has 142 valence electrons. The Hall–Kier alpha value is -3.15. The Bertz CT molecular complexity index is 925. The zero-order valence-corrected chi connectivity index (χ0v) is 15.4. The van der Waals surface area contributed by atoms with Gasteiger partial charge in [-0.2, -0.15) is 0 Å². The van der Waals surface area contributed by atoms with Gasteiger partial charge in [0, 0.05) is 17.2 Å². The minimum absolute atomic E-state index is 0.00327. The lowest BCUT2D eigenvalue weighted by Gasteiger charge is -2.26. The number of rotatable bonds is 4. The molecule has 0 amide bonds. The molecule has 0 aliphatic carbocycles. The zero-order chi connectivity index (χ0) is 19.7. The molecular weight excluding hydrogens is 348 g/mol. The molecule has 1 heterocycles. The molecule has 1 aliphatic heterocycles. The number of methoxy groups -OCH3 is 1. The number of allylic oxidation sites excluding steroid dienone is 2. The summed E-state index contributed by atoms with van der Waals surface area (Å²) < 4.78 is 10.9. The SMILES string of the molecule is COc1c(CC=C(C)C)cc([C@@H]2COc3cc(O)ccc3C2=O)c(O)c1O. The van der Waals surface area contributed by atoms with E-state index in [4.69, 9.17) is 9.47 Å². The van der Waals surface area contributed by atoms with Crippen molar-refractivity contribution in [3.05, 3.63) is 52.6 Å². The fourth-order valence-electron chi connectivity index (χ4n) is 3.18. The van der Waals surface area contributed by atoms with E-state index in [0.29, 0.717) is 23.3 Å². The quantitative estimate of drug-likeness (QED) is 0.561. The van der Waals surface area contributed by atoms with Crippen LogP contribution in [0.5, 0.6) is 28.7 Å². The number of carbonyl (C=O) groups excluding carboxylic acids is 1. The maximum absolute atomic E-state index is 12.9. The van der Waals surface area contributed by atoms with Crippen LogP contribution in [0.15, 0.2) is 35.9 Å². The van der Waals surface area contributed by atoms with E-state index in [1.54, 1.807) is 6.07 Å². The number of ether oxygens (including phenoxy) is 2. The number of hydrogen-bond acceptors (Lipinski definition) is 6. The highest BCUT2D eigenvalue weighted by molar-refractivity contribution is 6.04. The highest BCUT2D eigenvalue weighted by atomic mass is 16.5. The average molecular weight is 370 g/mol. The molecule has 1 aliphatic rings. The van der Waals surface area contributed by atoms with E-state index in [1.165, 1.54) is 25.3 Å². The van der Waals surface area contributed by atoms with Crippen LogP contribution in [-0.4, -0.2) is 34.8 Å². The summed E-state index contributed by atoms with van der Waals surface area (Å²) in [6.07, 6.45) is 2.45. The Morgan fingerprint density at radius 1 is 1.22 bits per heavy atom. The van der Waals surface area contributed by atoms with Crippen molar-refractivity contribution in [1.82, 2.24) is 0 Å². The van der Waals surface area contributed by atoms with E-state index in [2.05, 4.69) is 0 Å². The van der Waals surface area contributed by atoms with Gasteiger partial charge in [0.15, 0.2) is 17.3 Å². The first-order chi connectivity index (χ1) is 12.8. The van der Waals surface area contributed by atoms with E-state index in [9.17, 15) is 20.1 Å². The van der Waals surface area contributed by atoms with Gasteiger partial charge >= 0.3 is 0 Å². The van der Waals surface area contributed by atoms with Gasteiger partial charge in [0.2, 0.25) is 5.75 Å². The Kier molecular flexibility index (Phi) is 4.99. The molecule has 0 spiro atoms. The molecule has 3 N–H and O–H groups in total. The maximum Gasteiger partial charge on any atom is 0.201 e. The van der Waals surface area contributed by atoms with Crippen LogP contribution in [0.2, 0.25) is 0 Å². The van der Waals surface area contributed by atoms with Crippen LogP contribution < -0.4 is 9.47 Å². The van der Waals surface area contributed by atoms with Gasteiger partial charge in [-0.25, -0.2) is 0 Å². The van der Waals surface area contributed by atoms with Gasteiger partial charge in [-0.05, 0) is 38.5 Å². The zero-order valence-electron chi connectivity index (χ0n) is 15.4. The number of phenolic OH excluding ortho intramolecular Hbond substituents is 3. The summed E-state index contributed by atoms with van der Waals surface area (Å²) >= 11 is 0. The molecule has 1 atom stereocenters. The number of ketones is 1. The normalized spacial score (nSPS) is 15.7. The number of aromatic hydroxyl groups is 3. The summed E-state index contributed by atoms with van der Waals surface area (Å²) in [6.45, 7) is 3.91. The minimum atomic E-state index is -0.774. The largest absolute Gasteiger partial charge is 0.508 e. The van der Waals surface area contributed by atoms with Crippen molar-refractivity contribution in [1.29, 1.82) is 0 Å². The molecule has 0 fully saturated rings. The van der Waals surface area contributed by atoms with Gasteiger partial charge < -0.3 is 24.8 Å². The summed E-state index contributed by atoms with van der Waals surface area (Å²) in [7, 11) is 1.41. The lowest BCUT2D eigenvalue weighted by atomic mass is 9.86. The monoisotopic (exact) mass is 370 g/mol. The summed E-state index contributed by atoms with van der Waals surface area (Å²) in [5, 5.41) is 30.4. The third kappa shape index (κ3) is 3.43. The summed E-state index contributed by atoms with van der Waals surface area (Å²) in [6, 6.07) is 5.96. The molecule has 0 unspecified atom stereocenters. The molecule has 27 heavy (non-hydrogen) atoms. The topological polar surface area (TPSA) is 96.2 Å². The third-order valence-corrected chi connectivity index (χ3v) is 4.60. The second-order valence-electron chi connectivity index (χ2n) is 6.75. The molecule has 2 aromatic rings. The van der Waals surface area contributed by atoms with E-state index in [-0.39, 0.29) is 29.5 Å². The van der Waals surface area contributed by atoms with E-state index in [0.717, 1.165) is 5.57 Å². The number of fused-ring (bicyclic) bond motifs is 1. The van der Waals surface area contributed by atoms with Gasteiger partial charge in [-0.3, -0.25) is 4.79 Å². The van der Waals surface area contributed by atoms with Gasteiger partial charge in [-0.1, -0.05) is 11.6 Å². The Balaban J connectivity index is 2.07. The van der Waals surface area contributed by atoms with Crippen LogP contribution in [0.1, 0.15) is 41.3 Å². The first kappa shape index (κ1) is 18.6. The summed E-state index contributed by atoms with van der Waals surface area (Å²) in [4.78, 5) is 12.9. The highest BCUT2D eigenvalue weighted by Gasteiger charge is 2.34. The minimum Gasteiger partial charge on any atom is -0.508 e. The number of benzene rings is 2. The van der Waals surface area contributed by atoms with Crippen LogP contribution >= 0.6 is 0 Å². The lowest BCUT2D eigenvalue weighted by molar-refractivity contribution is 0.0893. The van der Waals surface area contributed by atoms with Crippen molar-refractivity contribution in [2.24, 2.45) is 0 Å². The molecule has 0 aromatic heterocycles. The van der Waals surface area contributed by atoms with Crippen LogP contribution in [0, 0.1) is 0 Å². The molecule has 0 bridgehead atoms. The molecule has 6 nitrogen and oxygen atoms in total. The van der Waals surface area contributed by atoms with Crippen LogP contribution in [0.25, 0.3) is 0 Å². The Morgan fingerprint density at radius 2 is 1.96 bits per heavy atom. The molecule has 2 aromatic carbocycles. The molecule has 0 saturated heterocycles. The first-order valence-corrected chi connectivity index (χ1v) is 8.58. The Morgan fingerprint density at radius 3 is 2.63 bits per heavy atom. The number of hydrogen-bond donors (Lipinski definition) is 3. The van der Waals surface area contributed by atoms with E-state index in [1.807, 2.05) is 19.9 Å². The number of phenols is 3. The standard InChI is InChI=1S/C21H22O6/c1-11(2)4-5-12-8-15(19(24)20(25)21(12)26-3)16-10-27-17-9-13(22)6-7-14(17)18(16)23/h4,6-9,16,22,24-25H,5,10H2,1-3H3/t16-/m0/s1. The predicted octanol–water partition coefficient (Wildman–Crippen LogP) is 3.68. The van der Waals surface area contributed by atoms with Gasteiger partial charge in [0.25, 0.3) is 0 Å². The van der Waals surface area contributed by atoms with E-state index >= 15 is 0 Å². The fourth-order valence-corrected chi connectivity index (χ4v) is 3.18. The van der Waals surface area contributed by atoms with Gasteiger partial charge in [0.1, 0.15) is 18.1 Å². The van der Waals surface area contributed by atoms with E-state index < -0.39 is 17.4 Å². The van der Waals surface area contributed by atoms with Crippen molar-refractivity contribution in [2.45, 2.75) is 26.2 Å². The van der Waals surface area contributed by atoms with Crippen molar-refractivity contribution in [3.8, 4) is 28.7 Å². The molecule has 6 heteroatoms. The fraction of sp³-hybridized carbons (Fsp3) is 0.286. The van der Waals surface area contributed by atoms with Crippen LogP contribution in [0.4, 0.5) is 0 Å². The Labute approximate surface area is 157 Å². The number of carbonyl (C=O) groups is 1. The predicted molar refractivity (Wildman–Crippen MR) is 100 cm³/mol. The molecule has 0 saturated carbocycles. The van der Waals surface area contributed by atoms with Crippen molar-refractivity contribution in [2.75, 3.05) is 13.7 Å². The first-order valence-electron chi connectivity index (χ1n) is 8.58. The molecule has 3 rings (SSSR count). The van der Waals surface area contributed by atoms with Crippen LogP contribution in [-0.2, 0) is 6.42 Å². The van der Waals surface area contributed by atoms with Crippen molar-refractivity contribution >= 4 is 5.78 Å². The molecule has 0 radical (unpaired) electrons. The number of Topliss-reactive ketones (excluding diaryl/α,β-unsaturated/α-hetero) is 1. The third-order valence-electron chi connectivity index (χ3n) is 4.60. The summed E-state index contributed by atoms with van der Waals surface area (Å²) in [5.41, 5.74) is 2.36. The lowest BCUT2D eigenvalue weighted by Crippen LogP contribution is -2.26. The molecular formula is C21H22O6.